The molecule has 2 rings (SSSR count). The van der Waals surface area contributed by atoms with E-state index in [-0.39, 0.29) is 10.6 Å². The van der Waals surface area contributed by atoms with Crippen LogP contribution < -0.4 is 4.74 Å². The maximum Gasteiger partial charge on any atom is 0.322 e. The number of nitrogens with zero attached hydrogens (tertiary/aromatic N) is 1. The molecule has 21 heavy (non-hydrogen) atoms. The fraction of sp³-hybridized carbons (Fsp3) is 0.462. The molecule has 1 aliphatic heterocycles. The predicted octanol–water partition coefficient (Wildman–Crippen LogP) is 1.62. The Morgan fingerprint density at radius 2 is 2.05 bits per heavy atom. The van der Waals surface area contributed by atoms with Crippen molar-refractivity contribution in [3.63, 3.8) is 0 Å². The van der Waals surface area contributed by atoms with Crippen molar-refractivity contribution in [1.82, 2.24) is 4.31 Å². The van der Waals surface area contributed by atoms with Crippen molar-refractivity contribution < 1.29 is 23.1 Å². The zero-order valence-corrected chi connectivity index (χ0v) is 13.4. The van der Waals surface area contributed by atoms with Crippen molar-refractivity contribution in [2.75, 3.05) is 12.4 Å². The third-order valence-electron chi connectivity index (χ3n) is 3.16. The summed E-state index contributed by atoms with van der Waals surface area (Å²) in [6, 6.07) is 4.99. The highest BCUT2D eigenvalue weighted by Crippen LogP contribution is 2.34. The molecule has 0 radical (unpaired) electrons. The Hall–Kier alpha value is -1.25. The second kappa shape index (κ2) is 6.25. The minimum atomic E-state index is -3.84. The van der Waals surface area contributed by atoms with Crippen LogP contribution in [0.4, 0.5) is 0 Å². The molecule has 0 aromatic heterocycles. The lowest BCUT2D eigenvalue weighted by molar-refractivity contribution is -0.140. The van der Waals surface area contributed by atoms with E-state index < -0.39 is 27.4 Å². The fourth-order valence-electron chi connectivity index (χ4n) is 2.17. The fourth-order valence-corrected chi connectivity index (χ4v) is 5.46. The first-order chi connectivity index (χ1) is 9.87. The normalized spacial score (nSPS) is 23.1. The molecule has 1 aromatic rings. The summed E-state index contributed by atoms with van der Waals surface area (Å²) in [6.45, 7) is 4.03. The molecular formula is C13H17NO5S2. The SMILES string of the molecule is CCOc1ccc(S(=O)(=O)N2C(C)SCC2C(=O)O)cc1. The zero-order valence-electron chi connectivity index (χ0n) is 11.7. The lowest BCUT2D eigenvalue weighted by Gasteiger charge is -2.24. The molecule has 0 amide bonds. The molecule has 1 fully saturated rings. The molecule has 2 unspecified atom stereocenters. The van der Waals surface area contributed by atoms with Crippen LogP contribution in [0.2, 0.25) is 0 Å². The van der Waals surface area contributed by atoms with Gasteiger partial charge in [-0.2, -0.15) is 4.31 Å². The monoisotopic (exact) mass is 331 g/mol. The van der Waals surface area contributed by atoms with Gasteiger partial charge in [0.05, 0.1) is 16.9 Å². The smallest absolute Gasteiger partial charge is 0.322 e. The predicted molar refractivity (Wildman–Crippen MR) is 80.0 cm³/mol. The van der Waals surface area contributed by atoms with E-state index in [0.717, 1.165) is 4.31 Å². The van der Waals surface area contributed by atoms with Gasteiger partial charge in [0.1, 0.15) is 11.8 Å². The number of benzene rings is 1. The summed E-state index contributed by atoms with van der Waals surface area (Å²) in [6.07, 6.45) is 0. The van der Waals surface area contributed by atoms with Gasteiger partial charge in [0, 0.05) is 5.75 Å². The summed E-state index contributed by atoms with van der Waals surface area (Å²) in [5.74, 6) is -0.288. The van der Waals surface area contributed by atoms with E-state index in [2.05, 4.69) is 0 Å². The molecule has 1 heterocycles. The Morgan fingerprint density at radius 3 is 2.57 bits per heavy atom. The third-order valence-corrected chi connectivity index (χ3v) is 6.50. The number of aliphatic carboxylic acids is 1. The summed E-state index contributed by atoms with van der Waals surface area (Å²) in [4.78, 5) is 11.3. The second-order valence-electron chi connectivity index (χ2n) is 4.53. The molecule has 1 saturated heterocycles. The highest BCUT2D eigenvalue weighted by molar-refractivity contribution is 8.01. The van der Waals surface area contributed by atoms with Crippen LogP contribution in [0.5, 0.6) is 5.75 Å². The van der Waals surface area contributed by atoms with Crippen LogP contribution in [0.1, 0.15) is 13.8 Å². The number of hydrogen-bond donors (Lipinski definition) is 1. The van der Waals surface area contributed by atoms with Crippen molar-refractivity contribution in [3.05, 3.63) is 24.3 Å². The van der Waals surface area contributed by atoms with Gasteiger partial charge < -0.3 is 9.84 Å². The van der Waals surface area contributed by atoms with E-state index in [9.17, 15) is 18.3 Å². The molecule has 1 N–H and O–H groups in total. The summed E-state index contributed by atoms with van der Waals surface area (Å²) in [5.41, 5.74) is 0. The Kier molecular flexibility index (Phi) is 4.80. The Bertz CT molecular complexity index is 614. The molecule has 8 heteroatoms. The number of carboxylic acid groups (broad SMARTS) is 1. The molecule has 6 nitrogen and oxygen atoms in total. The van der Waals surface area contributed by atoms with E-state index in [1.807, 2.05) is 6.92 Å². The van der Waals surface area contributed by atoms with Gasteiger partial charge in [0.15, 0.2) is 0 Å². The van der Waals surface area contributed by atoms with Crippen molar-refractivity contribution in [2.24, 2.45) is 0 Å². The van der Waals surface area contributed by atoms with E-state index in [1.54, 1.807) is 19.1 Å². The largest absolute Gasteiger partial charge is 0.494 e. The van der Waals surface area contributed by atoms with Crippen LogP contribution in [0.25, 0.3) is 0 Å². The van der Waals surface area contributed by atoms with Crippen LogP contribution in [-0.4, -0.2) is 47.6 Å². The highest BCUT2D eigenvalue weighted by Gasteiger charge is 2.44. The Balaban J connectivity index is 2.34. The van der Waals surface area contributed by atoms with Gasteiger partial charge in [0.2, 0.25) is 10.0 Å². The minimum absolute atomic E-state index is 0.0755. The minimum Gasteiger partial charge on any atom is -0.494 e. The van der Waals surface area contributed by atoms with Gasteiger partial charge in [-0.25, -0.2) is 8.42 Å². The number of carbonyl (C=O) groups is 1. The molecule has 0 aliphatic carbocycles. The van der Waals surface area contributed by atoms with Crippen LogP contribution in [0, 0.1) is 0 Å². The number of thioether (sulfide) groups is 1. The first-order valence-corrected chi connectivity index (χ1v) is 8.97. The van der Waals surface area contributed by atoms with Gasteiger partial charge in [-0.05, 0) is 38.1 Å². The van der Waals surface area contributed by atoms with Crippen LogP contribution in [-0.2, 0) is 14.8 Å². The third kappa shape index (κ3) is 3.17. The number of sulfonamides is 1. The van der Waals surface area contributed by atoms with E-state index in [0.29, 0.717) is 12.4 Å². The van der Waals surface area contributed by atoms with Crippen LogP contribution >= 0.6 is 11.8 Å². The second-order valence-corrected chi connectivity index (χ2v) is 7.72. The quantitative estimate of drug-likeness (QED) is 0.883. The number of hydrogen-bond acceptors (Lipinski definition) is 5. The summed E-state index contributed by atoms with van der Waals surface area (Å²) < 4.78 is 31.6. The van der Waals surface area contributed by atoms with Crippen molar-refractivity contribution in [3.8, 4) is 5.75 Å². The van der Waals surface area contributed by atoms with Gasteiger partial charge in [-0.1, -0.05) is 0 Å². The van der Waals surface area contributed by atoms with E-state index >= 15 is 0 Å². The highest BCUT2D eigenvalue weighted by atomic mass is 32.2. The van der Waals surface area contributed by atoms with Gasteiger partial charge in [-0.3, -0.25) is 4.79 Å². The molecule has 0 saturated carbocycles. The van der Waals surface area contributed by atoms with Gasteiger partial charge in [-0.15, -0.1) is 11.8 Å². The first-order valence-electron chi connectivity index (χ1n) is 6.48. The van der Waals surface area contributed by atoms with E-state index in [4.69, 9.17) is 4.74 Å². The van der Waals surface area contributed by atoms with Gasteiger partial charge >= 0.3 is 5.97 Å². The van der Waals surface area contributed by atoms with Crippen molar-refractivity contribution >= 4 is 27.8 Å². The van der Waals surface area contributed by atoms with Crippen LogP contribution in [0.3, 0.4) is 0 Å². The lowest BCUT2D eigenvalue weighted by Crippen LogP contribution is -2.44. The lowest BCUT2D eigenvalue weighted by atomic mass is 10.3. The zero-order chi connectivity index (χ0) is 15.6. The van der Waals surface area contributed by atoms with Gasteiger partial charge in [0.25, 0.3) is 0 Å². The average Bonchev–Trinajstić information content (AvgIpc) is 2.82. The Morgan fingerprint density at radius 1 is 1.43 bits per heavy atom. The summed E-state index contributed by atoms with van der Waals surface area (Å²) in [7, 11) is -3.84. The topological polar surface area (TPSA) is 83.9 Å². The molecule has 116 valence electrons. The standard InChI is InChI=1S/C13H17NO5S2/c1-3-19-10-4-6-11(7-5-10)21(17,18)14-9(2)20-8-12(14)13(15)16/h4-7,9,12H,3,8H2,1-2H3,(H,15,16). The Labute approximate surface area is 128 Å². The molecule has 0 bridgehead atoms. The average molecular weight is 331 g/mol. The molecule has 1 aromatic carbocycles. The molecular weight excluding hydrogens is 314 g/mol. The maximum absolute atomic E-state index is 12.6. The molecule has 1 aliphatic rings. The van der Waals surface area contributed by atoms with Crippen molar-refractivity contribution in [2.45, 2.75) is 30.2 Å². The number of carboxylic acids is 1. The summed E-state index contributed by atoms with van der Waals surface area (Å²) >= 11 is 1.32. The first kappa shape index (κ1) is 16.1. The van der Waals surface area contributed by atoms with Crippen molar-refractivity contribution in [1.29, 1.82) is 0 Å². The summed E-state index contributed by atoms with van der Waals surface area (Å²) in [5, 5.41) is 8.79. The number of ether oxygens (including phenoxy) is 1. The molecule has 2 atom stereocenters. The number of rotatable bonds is 5. The molecule has 0 spiro atoms. The maximum atomic E-state index is 12.6. The van der Waals surface area contributed by atoms with E-state index in [1.165, 1.54) is 23.9 Å². The van der Waals surface area contributed by atoms with Crippen LogP contribution in [0.15, 0.2) is 29.2 Å².